The van der Waals surface area contributed by atoms with E-state index in [2.05, 4.69) is 19.6 Å². The molecule has 2 aromatic carbocycles. The van der Waals surface area contributed by atoms with Crippen LogP contribution in [-0.2, 0) is 23.0 Å². The van der Waals surface area contributed by atoms with Crippen LogP contribution in [0.1, 0.15) is 30.0 Å². The van der Waals surface area contributed by atoms with Crippen molar-refractivity contribution in [3.05, 3.63) is 77.9 Å². The lowest BCUT2D eigenvalue weighted by atomic mass is 9.88. The molecule has 0 spiro atoms. The summed E-state index contributed by atoms with van der Waals surface area (Å²) in [7, 11) is -3.54. The first-order valence-corrected chi connectivity index (χ1v) is 10.6. The number of aryl methyl sites for hydroxylation is 2. The van der Waals surface area contributed by atoms with E-state index in [-0.39, 0.29) is 5.92 Å². The summed E-state index contributed by atoms with van der Waals surface area (Å²) < 4.78 is 28.3. The van der Waals surface area contributed by atoms with Crippen LogP contribution in [0.5, 0.6) is 0 Å². The normalized spacial score (nSPS) is 21.9. The lowest BCUT2D eigenvalue weighted by Gasteiger charge is -2.27. The van der Waals surface area contributed by atoms with Gasteiger partial charge in [-0.3, -0.25) is 0 Å². The standard InChI is InChI=1S/C22H27NO2S/c1-4-19-11-12-20-7-5-6-8-21(20)16-23(15-18(19)3)26(24,25)22-13-9-17(2)10-14-22/h4-10,13-14,18-19H,1,11-12,15-16H2,2-3H3/t18-,19?/m0/s1. The third-order valence-electron chi connectivity index (χ3n) is 5.40. The average molecular weight is 370 g/mol. The lowest BCUT2D eigenvalue weighted by Crippen LogP contribution is -2.35. The predicted molar refractivity (Wildman–Crippen MR) is 106 cm³/mol. The Hall–Kier alpha value is -1.91. The van der Waals surface area contributed by atoms with Crippen molar-refractivity contribution in [2.75, 3.05) is 6.54 Å². The molecule has 3 nitrogen and oxygen atoms in total. The molecular weight excluding hydrogens is 342 g/mol. The molecule has 138 valence electrons. The highest BCUT2D eigenvalue weighted by Gasteiger charge is 2.30. The number of hydrogen-bond donors (Lipinski definition) is 0. The maximum absolute atomic E-state index is 13.3. The topological polar surface area (TPSA) is 37.4 Å². The van der Waals surface area contributed by atoms with Gasteiger partial charge in [-0.2, -0.15) is 4.31 Å². The molecule has 0 fully saturated rings. The predicted octanol–water partition coefficient (Wildman–Crippen LogP) is 4.57. The molecule has 26 heavy (non-hydrogen) atoms. The second kappa shape index (κ2) is 7.77. The minimum atomic E-state index is -3.54. The van der Waals surface area contributed by atoms with Crippen molar-refractivity contribution in [1.29, 1.82) is 0 Å². The van der Waals surface area contributed by atoms with Gasteiger partial charge < -0.3 is 0 Å². The van der Waals surface area contributed by atoms with E-state index in [1.54, 1.807) is 16.4 Å². The van der Waals surface area contributed by atoms with Crippen LogP contribution >= 0.6 is 0 Å². The molecule has 0 bridgehead atoms. The second-order valence-electron chi connectivity index (χ2n) is 7.29. The van der Waals surface area contributed by atoms with Crippen molar-refractivity contribution in [2.45, 2.75) is 38.1 Å². The summed E-state index contributed by atoms with van der Waals surface area (Å²) >= 11 is 0. The Bertz CT molecular complexity index is 871. The van der Waals surface area contributed by atoms with E-state index in [4.69, 9.17) is 0 Å². The summed E-state index contributed by atoms with van der Waals surface area (Å²) in [6, 6.07) is 15.3. The van der Waals surface area contributed by atoms with E-state index in [1.807, 2.05) is 43.3 Å². The van der Waals surface area contributed by atoms with E-state index in [0.29, 0.717) is 23.9 Å². The van der Waals surface area contributed by atoms with Gasteiger partial charge in [0.1, 0.15) is 0 Å². The Labute approximate surface area is 157 Å². The largest absolute Gasteiger partial charge is 0.243 e. The van der Waals surface area contributed by atoms with Crippen LogP contribution in [0.3, 0.4) is 0 Å². The van der Waals surface area contributed by atoms with Crippen LogP contribution in [-0.4, -0.2) is 19.3 Å². The van der Waals surface area contributed by atoms with Crippen LogP contribution in [0.2, 0.25) is 0 Å². The number of sulfonamides is 1. The summed E-state index contributed by atoms with van der Waals surface area (Å²) in [5.41, 5.74) is 3.39. The minimum absolute atomic E-state index is 0.224. The molecule has 1 aliphatic rings. The summed E-state index contributed by atoms with van der Waals surface area (Å²) in [6.07, 6.45) is 3.94. The molecular formula is C22H27NO2S. The van der Waals surface area contributed by atoms with Crippen LogP contribution in [0.25, 0.3) is 0 Å². The molecule has 0 saturated carbocycles. The van der Waals surface area contributed by atoms with Gasteiger partial charge >= 0.3 is 0 Å². The molecule has 0 aromatic heterocycles. The lowest BCUT2D eigenvalue weighted by molar-refractivity contribution is 0.302. The fourth-order valence-electron chi connectivity index (χ4n) is 3.67. The van der Waals surface area contributed by atoms with Gasteiger partial charge in [-0.25, -0.2) is 8.42 Å². The van der Waals surface area contributed by atoms with E-state index in [1.165, 1.54) is 5.56 Å². The second-order valence-corrected chi connectivity index (χ2v) is 9.23. The molecule has 0 aliphatic carbocycles. The molecule has 1 heterocycles. The Balaban J connectivity index is 2.03. The number of fused-ring (bicyclic) bond motifs is 1. The highest BCUT2D eigenvalue weighted by Crippen LogP contribution is 2.29. The van der Waals surface area contributed by atoms with Gasteiger partial charge in [-0.05, 0) is 54.9 Å². The molecule has 0 N–H and O–H groups in total. The number of allylic oxidation sites excluding steroid dienone is 1. The van der Waals surface area contributed by atoms with Crippen LogP contribution in [0, 0.1) is 18.8 Å². The SMILES string of the molecule is C=CC1CCc2ccccc2CN(S(=O)(=O)c2ccc(C)cc2)C[C@@H]1C. The summed E-state index contributed by atoms with van der Waals surface area (Å²) in [4.78, 5) is 0.363. The third kappa shape index (κ3) is 3.92. The molecule has 4 heteroatoms. The summed E-state index contributed by atoms with van der Waals surface area (Å²) in [6.45, 7) is 8.99. The van der Waals surface area contributed by atoms with Gasteiger partial charge in [-0.15, -0.1) is 6.58 Å². The first-order chi connectivity index (χ1) is 12.4. The van der Waals surface area contributed by atoms with Crippen LogP contribution < -0.4 is 0 Å². The minimum Gasteiger partial charge on any atom is -0.207 e. The fourth-order valence-corrected chi connectivity index (χ4v) is 5.18. The van der Waals surface area contributed by atoms with Crippen molar-refractivity contribution < 1.29 is 8.42 Å². The van der Waals surface area contributed by atoms with E-state index >= 15 is 0 Å². The van der Waals surface area contributed by atoms with Gasteiger partial charge in [-0.1, -0.05) is 55.0 Å². The maximum atomic E-state index is 13.3. The quantitative estimate of drug-likeness (QED) is 0.743. The van der Waals surface area contributed by atoms with Gasteiger partial charge in [0.2, 0.25) is 10.0 Å². The van der Waals surface area contributed by atoms with E-state index < -0.39 is 10.0 Å². The maximum Gasteiger partial charge on any atom is 0.243 e. The molecule has 1 unspecified atom stereocenters. The number of rotatable bonds is 3. The van der Waals surface area contributed by atoms with Crippen molar-refractivity contribution in [1.82, 2.24) is 4.31 Å². The molecule has 2 atom stereocenters. The number of hydrogen-bond acceptors (Lipinski definition) is 2. The Kier molecular flexibility index (Phi) is 5.64. The smallest absolute Gasteiger partial charge is 0.207 e. The molecule has 0 amide bonds. The summed E-state index contributed by atoms with van der Waals surface area (Å²) in [5, 5.41) is 0. The van der Waals surface area contributed by atoms with Gasteiger partial charge in [0.15, 0.2) is 0 Å². The first kappa shape index (κ1) is 18.9. The van der Waals surface area contributed by atoms with Crippen LogP contribution in [0.4, 0.5) is 0 Å². The molecule has 3 rings (SSSR count). The molecule has 2 aromatic rings. The van der Waals surface area contributed by atoms with Gasteiger partial charge in [0.05, 0.1) is 4.90 Å². The Morgan fingerprint density at radius 3 is 2.38 bits per heavy atom. The number of benzene rings is 2. The zero-order valence-electron chi connectivity index (χ0n) is 15.6. The van der Waals surface area contributed by atoms with Gasteiger partial charge in [0.25, 0.3) is 0 Å². The zero-order chi connectivity index (χ0) is 18.7. The van der Waals surface area contributed by atoms with Crippen molar-refractivity contribution in [3.8, 4) is 0 Å². The summed E-state index contributed by atoms with van der Waals surface area (Å²) in [5.74, 6) is 0.527. The molecule has 0 saturated heterocycles. The van der Waals surface area contributed by atoms with E-state index in [9.17, 15) is 8.42 Å². The molecule has 0 radical (unpaired) electrons. The number of nitrogens with zero attached hydrogens (tertiary/aromatic N) is 1. The third-order valence-corrected chi connectivity index (χ3v) is 7.22. The van der Waals surface area contributed by atoms with Gasteiger partial charge in [0, 0.05) is 13.1 Å². The Morgan fingerprint density at radius 1 is 1.08 bits per heavy atom. The highest BCUT2D eigenvalue weighted by atomic mass is 32.2. The zero-order valence-corrected chi connectivity index (χ0v) is 16.4. The molecule has 1 aliphatic heterocycles. The first-order valence-electron chi connectivity index (χ1n) is 9.18. The van der Waals surface area contributed by atoms with Crippen molar-refractivity contribution >= 4 is 10.0 Å². The highest BCUT2D eigenvalue weighted by molar-refractivity contribution is 7.89. The van der Waals surface area contributed by atoms with Crippen molar-refractivity contribution in [3.63, 3.8) is 0 Å². The Morgan fingerprint density at radius 2 is 1.73 bits per heavy atom. The monoisotopic (exact) mass is 369 g/mol. The van der Waals surface area contributed by atoms with Crippen molar-refractivity contribution in [2.24, 2.45) is 11.8 Å². The van der Waals surface area contributed by atoms with Crippen LogP contribution in [0.15, 0.2) is 66.1 Å². The van der Waals surface area contributed by atoms with E-state index in [0.717, 1.165) is 24.0 Å². The average Bonchev–Trinajstić information content (AvgIpc) is 2.69. The fraction of sp³-hybridized carbons (Fsp3) is 0.364.